The largest absolute Gasteiger partial charge is 0.416 e. The summed E-state index contributed by atoms with van der Waals surface area (Å²) in [6.45, 7) is 7.83. The van der Waals surface area contributed by atoms with Gasteiger partial charge < -0.3 is 30.7 Å². The van der Waals surface area contributed by atoms with Crippen LogP contribution in [0.25, 0.3) is 22.5 Å². The zero-order valence-electron chi connectivity index (χ0n) is 42.4. The first-order valence-electron chi connectivity index (χ1n) is 25.3. The summed E-state index contributed by atoms with van der Waals surface area (Å²) < 4.78 is 79.8. The van der Waals surface area contributed by atoms with Crippen LogP contribution >= 0.6 is 39.4 Å². The number of aromatic nitrogens is 2. The van der Waals surface area contributed by atoms with Crippen molar-refractivity contribution in [1.82, 2.24) is 20.2 Å². The van der Waals surface area contributed by atoms with Crippen molar-refractivity contribution in [2.75, 3.05) is 82.6 Å². The molecule has 8 heterocycles. The summed E-state index contributed by atoms with van der Waals surface area (Å²) >= 11 is 0. The Morgan fingerprint density at radius 1 is 0.564 bits per heavy atom. The van der Waals surface area contributed by atoms with Crippen molar-refractivity contribution < 1.29 is 40.7 Å². The molecule has 4 fully saturated rings. The maximum Gasteiger partial charge on any atom is 0.416 e. The first kappa shape index (κ1) is 57.5. The fourth-order valence-corrected chi connectivity index (χ4v) is 11.3. The molecule has 4 atom stereocenters. The van der Waals surface area contributed by atoms with Crippen molar-refractivity contribution in [3.05, 3.63) is 144 Å². The van der Waals surface area contributed by atoms with Crippen molar-refractivity contribution >= 4 is 91.8 Å². The van der Waals surface area contributed by atoms with E-state index in [4.69, 9.17) is 9.97 Å². The number of alkyl halides is 6. The highest BCUT2D eigenvalue weighted by atomic mass is 35.5. The topological polar surface area (TPSA) is 129 Å². The molecule has 22 heteroatoms. The lowest BCUT2D eigenvalue weighted by molar-refractivity contribution is -0.138. The molecule has 4 saturated heterocycles. The van der Waals surface area contributed by atoms with Gasteiger partial charge in [-0.05, 0) is 122 Å². The zero-order chi connectivity index (χ0) is 52.2. The smallest absolute Gasteiger partial charge is 0.366 e. The van der Waals surface area contributed by atoms with Crippen LogP contribution < -0.4 is 35.6 Å². The molecular formula is C56H59ClF6N10O3S2. The van der Waals surface area contributed by atoms with E-state index in [0.717, 1.165) is 105 Å². The molecule has 5 amide bonds. The lowest BCUT2D eigenvalue weighted by Gasteiger charge is -2.36. The van der Waals surface area contributed by atoms with Gasteiger partial charge in [-0.2, -0.15) is 53.3 Å². The van der Waals surface area contributed by atoms with Gasteiger partial charge in [0.25, 0.3) is 0 Å². The van der Waals surface area contributed by atoms with Gasteiger partial charge in [0, 0.05) is 81.2 Å². The molecule has 6 aromatic rings. The first-order valence-corrected chi connectivity index (χ1v) is 25.3. The number of nitrogens with zero attached hydrogens (tertiary/aromatic N) is 7. The number of carbonyl (C=O) groups excluding carboxylic acids is 3. The molecule has 13 nitrogen and oxygen atoms in total. The van der Waals surface area contributed by atoms with E-state index in [0.29, 0.717) is 65.4 Å². The number of hydrogen-bond acceptors (Lipinski definition) is 8. The van der Waals surface area contributed by atoms with Crippen LogP contribution in [0.15, 0.2) is 121 Å². The Bertz CT molecular complexity index is 3180. The molecule has 6 aliphatic heterocycles. The molecule has 12 rings (SSSR count). The molecule has 0 aliphatic carbocycles. The molecular weight excluding hydrogens is 1070 g/mol. The minimum atomic E-state index is -4.46. The predicted octanol–water partition coefficient (Wildman–Crippen LogP) is 11.9. The standard InChI is InChI=1S/C29H28F3N5O2.C27H26F3N5O.ClH.2H2S/c1-18(38)35-12-10-21(16-35)19-4-3-7-23(15-19)33-28(39)37-24-11-13-36(17-24)26-9-8-25(34-27(26)37)20-5-2-6-22(14-20)29(30,31)32;28-27(29,30)20-5-1-4-18(13-20)23-7-8-24-25(33-23)35(22-10-12-34(24)16-22)26(36)32-21-6-2-3-17(14-21)19-9-11-31-15-19;;;/h2-9,14-15,21,24H,10-13,16-17H2,1H3,(H,33,39);1-8,13-14,19,22,31H,9-12,15-16H2,(H,32,36);1H;2*1H2/t21?,24-;19?,22-;;;/m00.../s1. The second-order valence-electron chi connectivity index (χ2n) is 20.0. The fraction of sp³-hybridized carbons (Fsp3) is 0.339. The molecule has 412 valence electrons. The number of urea groups is 2. The van der Waals surface area contributed by atoms with E-state index in [9.17, 15) is 40.7 Å². The Hall–Kier alpha value is -6.68. The molecule has 2 aromatic heterocycles. The van der Waals surface area contributed by atoms with Gasteiger partial charge in [-0.1, -0.05) is 48.5 Å². The number of halogens is 7. The molecule has 0 radical (unpaired) electrons. The minimum absolute atomic E-state index is 0. The van der Waals surface area contributed by atoms with Crippen molar-refractivity contribution in [3.8, 4) is 22.5 Å². The maximum absolute atomic E-state index is 13.7. The Balaban J connectivity index is 0.000000199. The van der Waals surface area contributed by atoms with Crippen LogP contribution in [0.4, 0.5) is 70.3 Å². The minimum Gasteiger partial charge on any atom is -0.366 e. The van der Waals surface area contributed by atoms with E-state index < -0.39 is 23.5 Å². The lowest BCUT2D eigenvalue weighted by Crippen LogP contribution is -2.48. The van der Waals surface area contributed by atoms with Crippen molar-refractivity contribution in [1.29, 1.82) is 0 Å². The van der Waals surface area contributed by atoms with Gasteiger partial charge in [-0.3, -0.25) is 14.6 Å². The van der Waals surface area contributed by atoms with E-state index in [2.05, 4.69) is 31.8 Å². The molecule has 0 saturated carbocycles. The Labute approximate surface area is 468 Å². The van der Waals surface area contributed by atoms with Gasteiger partial charge in [-0.15, -0.1) is 12.4 Å². The van der Waals surface area contributed by atoms with Crippen molar-refractivity contribution in [2.45, 2.75) is 68.9 Å². The number of benzene rings is 4. The van der Waals surface area contributed by atoms with Gasteiger partial charge in [0.2, 0.25) is 5.91 Å². The van der Waals surface area contributed by atoms with E-state index in [-0.39, 0.29) is 75.4 Å². The van der Waals surface area contributed by atoms with Gasteiger partial charge in [0.15, 0.2) is 11.6 Å². The molecule has 78 heavy (non-hydrogen) atoms. The monoisotopic (exact) mass is 1130 g/mol. The number of carbonyl (C=O) groups is 3. The average molecular weight is 1130 g/mol. The van der Waals surface area contributed by atoms with Crippen LogP contribution in [-0.2, 0) is 17.1 Å². The van der Waals surface area contributed by atoms with Crippen LogP contribution in [0.5, 0.6) is 0 Å². The highest BCUT2D eigenvalue weighted by Gasteiger charge is 2.42. The van der Waals surface area contributed by atoms with Crippen LogP contribution in [0.1, 0.15) is 66.7 Å². The number of amides is 5. The second kappa shape index (κ2) is 23.3. The number of likely N-dealkylation sites (tertiary alicyclic amines) is 1. The number of rotatable bonds is 6. The summed E-state index contributed by atoms with van der Waals surface area (Å²) in [5.41, 5.74) is 5.23. The molecule has 3 N–H and O–H groups in total. The number of anilines is 6. The highest BCUT2D eigenvalue weighted by Crippen LogP contribution is 2.43. The van der Waals surface area contributed by atoms with Crippen molar-refractivity contribution in [3.63, 3.8) is 0 Å². The fourth-order valence-electron chi connectivity index (χ4n) is 11.3. The number of nitrogens with one attached hydrogen (secondary N) is 3. The Kier molecular flexibility index (Phi) is 17.2. The molecule has 6 aliphatic rings. The van der Waals surface area contributed by atoms with Gasteiger partial charge in [0.05, 0.1) is 46.0 Å². The third-order valence-corrected chi connectivity index (χ3v) is 15.2. The number of pyridine rings is 2. The molecule has 0 spiro atoms. The predicted molar refractivity (Wildman–Crippen MR) is 304 cm³/mol. The second-order valence-corrected chi connectivity index (χ2v) is 20.0. The van der Waals surface area contributed by atoms with Crippen LogP contribution in [-0.4, -0.2) is 97.3 Å². The van der Waals surface area contributed by atoms with E-state index >= 15 is 0 Å². The summed E-state index contributed by atoms with van der Waals surface area (Å²) in [6.07, 6.45) is -5.39. The Morgan fingerprint density at radius 2 is 1.04 bits per heavy atom. The highest BCUT2D eigenvalue weighted by molar-refractivity contribution is 7.59. The average Bonchev–Trinajstić information content (AvgIpc) is 4.40. The number of hydrogen-bond donors (Lipinski definition) is 3. The SMILES string of the molecule is CC(=O)N1CCC(c2cccc(NC(=O)N3c4nc(-c5cccc(C(F)(F)F)c5)ccc4N4CC[C@H]3C4)c2)C1.Cl.O=C(Nc1cccc(C2CCNC2)c1)N1c2nc(-c3cccc(C(F)(F)F)c3)ccc2N2CC[C@H]1C2.S.S. The van der Waals surface area contributed by atoms with Crippen LogP contribution in [0.2, 0.25) is 0 Å². The summed E-state index contributed by atoms with van der Waals surface area (Å²) in [5, 5.41) is 9.44. The summed E-state index contributed by atoms with van der Waals surface area (Å²) in [6, 6.07) is 32.2. The van der Waals surface area contributed by atoms with Gasteiger partial charge in [-0.25, -0.2) is 19.6 Å². The van der Waals surface area contributed by atoms with Gasteiger partial charge in [0.1, 0.15) is 0 Å². The van der Waals surface area contributed by atoms with E-state index in [1.165, 1.54) is 17.7 Å². The molecule has 4 bridgehead atoms. The third kappa shape index (κ3) is 11.8. The molecule has 2 unspecified atom stereocenters. The lowest BCUT2D eigenvalue weighted by atomic mass is 9.98. The summed E-state index contributed by atoms with van der Waals surface area (Å²) in [4.78, 5) is 58.0. The van der Waals surface area contributed by atoms with E-state index in [1.807, 2.05) is 59.5 Å². The summed E-state index contributed by atoms with van der Waals surface area (Å²) in [5.74, 6) is 1.63. The maximum atomic E-state index is 13.7. The normalized spacial score (nSPS) is 19.8. The quantitative estimate of drug-likeness (QED) is 0.141. The van der Waals surface area contributed by atoms with Gasteiger partial charge >= 0.3 is 24.4 Å². The van der Waals surface area contributed by atoms with Crippen LogP contribution in [0, 0.1) is 0 Å². The third-order valence-electron chi connectivity index (χ3n) is 15.2. The zero-order valence-corrected chi connectivity index (χ0v) is 45.2. The van der Waals surface area contributed by atoms with Crippen LogP contribution in [0.3, 0.4) is 0 Å². The number of fused-ring (bicyclic) bond motifs is 8. The molecule has 4 aromatic carbocycles. The Morgan fingerprint density at radius 3 is 1.47 bits per heavy atom. The van der Waals surface area contributed by atoms with Crippen molar-refractivity contribution in [2.24, 2.45) is 0 Å². The summed E-state index contributed by atoms with van der Waals surface area (Å²) in [7, 11) is 0. The first-order chi connectivity index (χ1) is 36.0. The van der Waals surface area contributed by atoms with E-state index in [1.54, 1.807) is 41.0 Å².